The molecule has 0 fully saturated rings. The van der Waals surface area contributed by atoms with Crippen molar-refractivity contribution in [3.8, 4) is 0 Å². The fourth-order valence-electron chi connectivity index (χ4n) is 2.08. The van der Waals surface area contributed by atoms with Crippen molar-refractivity contribution >= 4 is 17.7 Å². The van der Waals surface area contributed by atoms with E-state index in [9.17, 15) is 4.79 Å². The summed E-state index contributed by atoms with van der Waals surface area (Å²) in [4.78, 5) is 11.2. The maximum atomic E-state index is 11.2. The maximum Gasteiger partial charge on any atom is 0.193 e. The lowest BCUT2D eigenvalue weighted by molar-refractivity contribution is -0.116. The summed E-state index contributed by atoms with van der Waals surface area (Å²) in [5.74, 6) is 0.0228. The third-order valence-corrected chi connectivity index (χ3v) is 3.00. The number of hydrogen-bond donors (Lipinski definition) is 1. The number of allylic oxidation sites excluding steroid dienone is 2. The molecule has 0 spiro atoms. The van der Waals surface area contributed by atoms with E-state index in [1.54, 1.807) is 0 Å². The topological polar surface area (TPSA) is 17.1 Å². The van der Waals surface area contributed by atoms with Crippen molar-refractivity contribution in [2.24, 2.45) is 11.3 Å². The van der Waals surface area contributed by atoms with Gasteiger partial charge in [0.25, 0.3) is 0 Å². The van der Waals surface area contributed by atoms with Gasteiger partial charge in [-0.05, 0) is 25.2 Å². The summed E-state index contributed by atoms with van der Waals surface area (Å²) in [6.45, 7) is 6.31. The normalized spacial score (nSPS) is 28.0. The van der Waals surface area contributed by atoms with E-state index in [0.717, 1.165) is 12.8 Å². The van der Waals surface area contributed by atoms with E-state index in [1.165, 1.54) is 5.57 Å². The van der Waals surface area contributed by atoms with Gasteiger partial charge in [0, 0.05) is 0 Å². The van der Waals surface area contributed by atoms with Gasteiger partial charge >= 0.3 is 0 Å². The standard InChI is InChI=1S/C10H16OS/c1-7-5-4-6-10(2,3)8(7)9(11)12/h5,8H,4,6H2,1-3H3,(H,11,12). The predicted molar refractivity (Wildman–Crippen MR) is 54.3 cm³/mol. The van der Waals surface area contributed by atoms with Crippen LogP contribution < -0.4 is 0 Å². The Kier molecular flexibility index (Phi) is 2.67. The highest BCUT2D eigenvalue weighted by Gasteiger charge is 2.36. The third-order valence-electron chi connectivity index (χ3n) is 2.74. The molecule has 1 aliphatic carbocycles. The summed E-state index contributed by atoms with van der Waals surface area (Å²) in [6, 6.07) is 0. The zero-order chi connectivity index (χ0) is 9.35. The molecule has 0 bridgehead atoms. The number of thiol groups is 1. The Balaban J connectivity index is 2.96. The highest BCUT2D eigenvalue weighted by Crippen LogP contribution is 2.41. The van der Waals surface area contributed by atoms with E-state index in [1.807, 2.05) is 6.92 Å². The molecule has 1 rings (SSSR count). The van der Waals surface area contributed by atoms with E-state index in [-0.39, 0.29) is 16.4 Å². The molecule has 0 aromatic carbocycles. The molecule has 1 atom stereocenters. The van der Waals surface area contributed by atoms with Crippen molar-refractivity contribution in [2.45, 2.75) is 33.6 Å². The Labute approximate surface area is 79.6 Å². The monoisotopic (exact) mass is 184 g/mol. The second kappa shape index (κ2) is 3.25. The molecule has 0 amide bonds. The van der Waals surface area contributed by atoms with Gasteiger partial charge < -0.3 is 0 Å². The lowest BCUT2D eigenvalue weighted by Gasteiger charge is -2.36. The molecule has 0 heterocycles. The van der Waals surface area contributed by atoms with E-state index in [2.05, 4.69) is 32.6 Å². The lowest BCUT2D eigenvalue weighted by Crippen LogP contribution is -2.32. The first kappa shape index (κ1) is 9.85. The van der Waals surface area contributed by atoms with E-state index in [0.29, 0.717) is 0 Å². The third kappa shape index (κ3) is 1.74. The van der Waals surface area contributed by atoms with Gasteiger partial charge in [0.15, 0.2) is 5.12 Å². The number of rotatable bonds is 1. The molecule has 0 aromatic heterocycles. The van der Waals surface area contributed by atoms with Crippen LogP contribution in [0.3, 0.4) is 0 Å². The van der Waals surface area contributed by atoms with Crippen molar-refractivity contribution in [1.29, 1.82) is 0 Å². The summed E-state index contributed by atoms with van der Waals surface area (Å²) in [5, 5.41) is 0.00782. The largest absolute Gasteiger partial charge is 0.287 e. The molecule has 1 aliphatic rings. The number of carbonyl (C=O) groups excluding carboxylic acids is 1. The Bertz CT molecular complexity index is 228. The molecule has 1 unspecified atom stereocenters. The van der Waals surface area contributed by atoms with Crippen LogP contribution in [0.2, 0.25) is 0 Å². The zero-order valence-electron chi connectivity index (χ0n) is 7.92. The first-order chi connectivity index (χ1) is 5.45. The summed E-state index contributed by atoms with van der Waals surface area (Å²) < 4.78 is 0. The average Bonchev–Trinajstić information content (AvgIpc) is 1.82. The molecule has 2 heteroatoms. The second-order valence-corrected chi connectivity index (χ2v) is 4.69. The van der Waals surface area contributed by atoms with Crippen molar-refractivity contribution in [2.75, 3.05) is 0 Å². The summed E-state index contributed by atoms with van der Waals surface area (Å²) >= 11 is 3.93. The Morgan fingerprint density at radius 1 is 1.67 bits per heavy atom. The molecular weight excluding hydrogens is 168 g/mol. The molecule has 1 nitrogen and oxygen atoms in total. The molecule has 0 N–H and O–H groups in total. The molecule has 0 radical (unpaired) electrons. The van der Waals surface area contributed by atoms with E-state index in [4.69, 9.17) is 0 Å². The van der Waals surface area contributed by atoms with Crippen LogP contribution in [0.5, 0.6) is 0 Å². The molecule has 12 heavy (non-hydrogen) atoms. The van der Waals surface area contributed by atoms with Gasteiger partial charge in [-0.15, -0.1) is 12.6 Å². The van der Waals surface area contributed by atoms with Gasteiger partial charge in [-0.1, -0.05) is 25.5 Å². The molecule has 68 valence electrons. The minimum absolute atomic E-state index is 0.00782. The molecule has 0 saturated heterocycles. The average molecular weight is 184 g/mol. The summed E-state index contributed by atoms with van der Waals surface area (Å²) in [6.07, 6.45) is 4.34. The highest BCUT2D eigenvalue weighted by atomic mass is 32.1. The summed E-state index contributed by atoms with van der Waals surface area (Å²) in [7, 11) is 0. The van der Waals surface area contributed by atoms with Crippen LogP contribution in [0, 0.1) is 11.3 Å². The van der Waals surface area contributed by atoms with E-state index < -0.39 is 0 Å². The fourth-order valence-corrected chi connectivity index (χ4v) is 2.63. The number of hydrogen-bond acceptors (Lipinski definition) is 1. The zero-order valence-corrected chi connectivity index (χ0v) is 8.82. The first-order valence-electron chi connectivity index (χ1n) is 4.34. The minimum Gasteiger partial charge on any atom is -0.287 e. The van der Waals surface area contributed by atoms with E-state index >= 15 is 0 Å². The fraction of sp³-hybridized carbons (Fsp3) is 0.700. The van der Waals surface area contributed by atoms with Gasteiger partial charge in [-0.2, -0.15) is 0 Å². The van der Waals surface area contributed by atoms with Crippen LogP contribution in [-0.4, -0.2) is 5.12 Å². The SMILES string of the molecule is CC1=CCCC(C)(C)C1C(=O)S. The number of carbonyl (C=O) groups is 1. The van der Waals surface area contributed by atoms with Crippen molar-refractivity contribution in [3.05, 3.63) is 11.6 Å². The van der Waals surface area contributed by atoms with Gasteiger partial charge in [0.1, 0.15) is 0 Å². The maximum absolute atomic E-state index is 11.2. The second-order valence-electron chi connectivity index (χ2n) is 4.25. The minimum atomic E-state index is 0.00782. The van der Waals surface area contributed by atoms with Crippen LogP contribution in [0.25, 0.3) is 0 Å². The molecule has 0 aliphatic heterocycles. The highest BCUT2D eigenvalue weighted by molar-refractivity contribution is 7.96. The van der Waals surface area contributed by atoms with Crippen LogP contribution in [0.1, 0.15) is 33.6 Å². The van der Waals surface area contributed by atoms with Crippen LogP contribution in [-0.2, 0) is 4.79 Å². The molecular formula is C10H16OS. The predicted octanol–water partition coefficient (Wildman–Crippen LogP) is 2.83. The van der Waals surface area contributed by atoms with Crippen molar-refractivity contribution in [1.82, 2.24) is 0 Å². The van der Waals surface area contributed by atoms with Crippen molar-refractivity contribution in [3.63, 3.8) is 0 Å². The Hall–Kier alpha value is -0.240. The van der Waals surface area contributed by atoms with Crippen LogP contribution in [0.15, 0.2) is 11.6 Å². The van der Waals surface area contributed by atoms with Crippen LogP contribution in [0.4, 0.5) is 0 Å². The molecule has 0 saturated carbocycles. The smallest absolute Gasteiger partial charge is 0.193 e. The molecule has 0 aromatic rings. The Morgan fingerprint density at radius 3 is 2.58 bits per heavy atom. The van der Waals surface area contributed by atoms with Crippen LogP contribution >= 0.6 is 12.6 Å². The lowest BCUT2D eigenvalue weighted by atomic mass is 9.69. The van der Waals surface area contributed by atoms with Gasteiger partial charge in [-0.3, -0.25) is 4.79 Å². The van der Waals surface area contributed by atoms with Gasteiger partial charge in [-0.25, -0.2) is 0 Å². The summed E-state index contributed by atoms with van der Waals surface area (Å²) in [5.41, 5.74) is 1.28. The first-order valence-corrected chi connectivity index (χ1v) is 4.79. The van der Waals surface area contributed by atoms with Crippen molar-refractivity contribution < 1.29 is 4.79 Å². The quantitative estimate of drug-likeness (QED) is 0.490. The van der Waals surface area contributed by atoms with Gasteiger partial charge in [0.2, 0.25) is 0 Å². The van der Waals surface area contributed by atoms with Gasteiger partial charge in [0.05, 0.1) is 5.92 Å². The Morgan fingerprint density at radius 2 is 2.25 bits per heavy atom.